The summed E-state index contributed by atoms with van der Waals surface area (Å²) in [6.07, 6.45) is 0.587. The highest BCUT2D eigenvalue weighted by molar-refractivity contribution is 5.99. The number of hydrogen-bond donors (Lipinski definition) is 1. The van der Waals surface area contributed by atoms with E-state index in [1.165, 1.54) is 37.3 Å². The summed E-state index contributed by atoms with van der Waals surface area (Å²) in [6, 6.07) is 6.63. The van der Waals surface area contributed by atoms with Crippen molar-refractivity contribution in [1.82, 2.24) is 28.8 Å². The van der Waals surface area contributed by atoms with Gasteiger partial charge in [-0.3, -0.25) is 19.9 Å². The van der Waals surface area contributed by atoms with Gasteiger partial charge >= 0.3 is 12.3 Å². The van der Waals surface area contributed by atoms with E-state index in [0.717, 1.165) is 9.25 Å². The van der Waals surface area contributed by atoms with Gasteiger partial charge in [0.1, 0.15) is 11.4 Å². The van der Waals surface area contributed by atoms with Crippen LogP contribution >= 0.6 is 0 Å². The maximum absolute atomic E-state index is 14.1. The van der Waals surface area contributed by atoms with Crippen molar-refractivity contribution in [3.63, 3.8) is 0 Å². The molecule has 1 aromatic carbocycles. The van der Waals surface area contributed by atoms with Crippen molar-refractivity contribution in [2.75, 3.05) is 13.7 Å². The predicted molar refractivity (Wildman–Crippen MR) is 152 cm³/mol. The van der Waals surface area contributed by atoms with Crippen LogP contribution in [0.25, 0.3) is 11.1 Å². The Morgan fingerprint density at radius 2 is 1.80 bits per heavy atom. The summed E-state index contributed by atoms with van der Waals surface area (Å²) in [6.45, 7) is 5.57. The largest absolute Gasteiger partial charge is 0.497 e. The number of benzene rings is 1. The number of nitrogens with one attached hydrogen (secondary N) is 1. The first-order valence-electron chi connectivity index (χ1n) is 13.8. The van der Waals surface area contributed by atoms with Crippen LogP contribution in [-0.2, 0) is 37.5 Å². The molecule has 0 unspecified atom stereocenters. The van der Waals surface area contributed by atoms with E-state index in [4.69, 9.17) is 14.9 Å². The van der Waals surface area contributed by atoms with Crippen LogP contribution in [0.2, 0.25) is 0 Å². The zero-order valence-electron chi connectivity index (χ0n) is 24.9. The molecular formula is C30H32F3N7O4. The van der Waals surface area contributed by atoms with Gasteiger partial charge < -0.3 is 18.9 Å². The first-order chi connectivity index (χ1) is 20.6. The van der Waals surface area contributed by atoms with Crippen molar-refractivity contribution in [2.45, 2.75) is 52.1 Å². The van der Waals surface area contributed by atoms with Crippen LogP contribution in [0.1, 0.15) is 53.6 Å². The van der Waals surface area contributed by atoms with E-state index < -0.39 is 23.6 Å². The number of alkyl halides is 3. The normalized spacial score (nSPS) is 13.6. The van der Waals surface area contributed by atoms with E-state index in [9.17, 15) is 22.8 Å². The monoisotopic (exact) mass is 611 g/mol. The molecule has 0 aliphatic carbocycles. The van der Waals surface area contributed by atoms with E-state index >= 15 is 0 Å². The summed E-state index contributed by atoms with van der Waals surface area (Å²) in [5.41, 5.74) is -0.142. The minimum atomic E-state index is -4.73. The number of rotatable bonds is 6. The third-order valence-corrected chi connectivity index (χ3v) is 7.06. The third-order valence-electron chi connectivity index (χ3n) is 7.06. The van der Waals surface area contributed by atoms with Gasteiger partial charge in [0.05, 0.1) is 25.9 Å². The highest BCUT2D eigenvalue weighted by Gasteiger charge is 2.39. The molecule has 0 spiro atoms. The number of methoxy groups -OCH3 is 1. The molecule has 1 amide bonds. The minimum Gasteiger partial charge on any atom is -0.497 e. The molecule has 1 aliphatic heterocycles. The maximum atomic E-state index is 14.1. The van der Waals surface area contributed by atoms with Crippen molar-refractivity contribution in [3.05, 3.63) is 82.7 Å². The van der Waals surface area contributed by atoms with Crippen molar-refractivity contribution < 1.29 is 32.2 Å². The standard InChI is InChI=1S/C30H32F3N7O4/c1-29(2,3)44-28(42)40-11-10-39(27(40)34)15-18-12-22(24-17-37(4)36-25(24)30(31,32)33)21-7-9-38(26(41)23(21)13-18)16-19-14-20(43-5)6-8-35-19/h6,8,10-14,17,34H,7,9,15-16H2,1-5H3. The Labute approximate surface area is 251 Å². The van der Waals surface area contributed by atoms with Crippen LogP contribution in [0.3, 0.4) is 0 Å². The summed E-state index contributed by atoms with van der Waals surface area (Å²) in [4.78, 5) is 32.4. The molecule has 4 heterocycles. The summed E-state index contributed by atoms with van der Waals surface area (Å²) in [5, 5.41) is 12.2. The van der Waals surface area contributed by atoms with Gasteiger partial charge in [-0.25, -0.2) is 9.36 Å². The van der Waals surface area contributed by atoms with E-state index in [1.807, 2.05) is 0 Å². The minimum absolute atomic E-state index is 0.00123. The number of nitrogens with zero attached hydrogens (tertiary/aromatic N) is 6. The second-order valence-corrected chi connectivity index (χ2v) is 11.5. The Bertz CT molecular complexity index is 1800. The summed E-state index contributed by atoms with van der Waals surface area (Å²) in [5.74, 6) is 0.223. The van der Waals surface area contributed by atoms with Gasteiger partial charge in [0.25, 0.3) is 5.91 Å². The zero-order chi connectivity index (χ0) is 32.0. The Morgan fingerprint density at radius 1 is 1.07 bits per heavy atom. The van der Waals surface area contributed by atoms with E-state index in [1.54, 1.807) is 56.1 Å². The average molecular weight is 612 g/mol. The van der Waals surface area contributed by atoms with Crippen LogP contribution in [0.4, 0.5) is 18.0 Å². The highest BCUT2D eigenvalue weighted by Crippen LogP contribution is 2.40. The number of fused-ring (bicyclic) bond motifs is 1. The molecule has 44 heavy (non-hydrogen) atoms. The van der Waals surface area contributed by atoms with Crippen molar-refractivity contribution >= 4 is 12.0 Å². The number of hydrogen-bond acceptors (Lipinski definition) is 7. The zero-order valence-corrected chi connectivity index (χ0v) is 24.9. The number of carbonyl (C=O) groups excluding carboxylic acids is 2. The third kappa shape index (κ3) is 6.24. The number of aromatic nitrogens is 5. The Kier molecular flexibility index (Phi) is 7.87. The van der Waals surface area contributed by atoms with E-state index in [2.05, 4.69) is 10.1 Å². The van der Waals surface area contributed by atoms with E-state index in [-0.39, 0.29) is 47.8 Å². The second-order valence-electron chi connectivity index (χ2n) is 11.5. The number of amides is 1. The fourth-order valence-electron chi connectivity index (χ4n) is 5.16. The van der Waals surface area contributed by atoms with Gasteiger partial charge in [0, 0.05) is 55.6 Å². The maximum Gasteiger partial charge on any atom is 0.435 e. The SMILES string of the molecule is COc1ccnc(CN2CCc3c(cc(Cn4ccn(C(=O)OC(C)(C)C)c4=N)cc3-c3cn(C)nc3C(F)(F)F)C2=O)c1. The number of pyridine rings is 1. The highest BCUT2D eigenvalue weighted by atomic mass is 19.4. The first kappa shape index (κ1) is 30.6. The Morgan fingerprint density at radius 3 is 2.48 bits per heavy atom. The van der Waals surface area contributed by atoms with Crippen LogP contribution in [0.15, 0.2) is 49.1 Å². The van der Waals surface area contributed by atoms with Gasteiger partial charge in [0.2, 0.25) is 5.62 Å². The van der Waals surface area contributed by atoms with Crippen LogP contribution in [0, 0.1) is 5.41 Å². The van der Waals surface area contributed by atoms with Crippen LogP contribution < -0.4 is 10.4 Å². The molecular weight excluding hydrogens is 579 g/mol. The first-order valence-corrected chi connectivity index (χ1v) is 13.8. The molecule has 0 bridgehead atoms. The number of carbonyl (C=O) groups is 2. The number of aryl methyl sites for hydroxylation is 1. The van der Waals surface area contributed by atoms with Gasteiger partial charge in [-0.1, -0.05) is 0 Å². The molecule has 0 saturated carbocycles. The molecule has 4 aromatic rings. The summed E-state index contributed by atoms with van der Waals surface area (Å²) in [7, 11) is 2.94. The quantitative estimate of drug-likeness (QED) is 0.340. The summed E-state index contributed by atoms with van der Waals surface area (Å²) >= 11 is 0. The van der Waals surface area contributed by atoms with Gasteiger partial charge in [0.15, 0.2) is 5.69 Å². The fraction of sp³-hybridized carbons (Fsp3) is 0.367. The van der Waals surface area contributed by atoms with Gasteiger partial charge in [-0.15, -0.1) is 0 Å². The molecule has 11 nitrogen and oxygen atoms in total. The lowest BCUT2D eigenvalue weighted by molar-refractivity contribution is -0.141. The average Bonchev–Trinajstić information content (AvgIpc) is 3.51. The van der Waals surface area contributed by atoms with Crippen molar-refractivity contribution in [1.29, 1.82) is 5.41 Å². The van der Waals surface area contributed by atoms with E-state index in [0.29, 0.717) is 29.0 Å². The Hall–Kier alpha value is -4.88. The molecule has 0 radical (unpaired) electrons. The predicted octanol–water partition coefficient (Wildman–Crippen LogP) is 4.62. The molecule has 0 atom stereocenters. The van der Waals surface area contributed by atoms with Crippen LogP contribution in [-0.4, -0.2) is 60.1 Å². The van der Waals surface area contributed by atoms with Crippen molar-refractivity contribution in [2.24, 2.45) is 7.05 Å². The topological polar surface area (TPSA) is 120 Å². The van der Waals surface area contributed by atoms with Gasteiger partial charge in [-0.2, -0.15) is 18.3 Å². The van der Waals surface area contributed by atoms with Gasteiger partial charge in [-0.05, 0) is 62.1 Å². The second kappa shape index (κ2) is 11.3. The number of halogens is 3. The van der Waals surface area contributed by atoms with Crippen molar-refractivity contribution in [3.8, 4) is 16.9 Å². The molecule has 5 rings (SSSR count). The molecule has 0 saturated heterocycles. The lowest BCUT2D eigenvalue weighted by Gasteiger charge is -2.30. The molecule has 1 N–H and O–H groups in total. The lowest BCUT2D eigenvalue weighted by atomic mass is 9.88. The molecule has 232 valence electrons. The lowest BCUT2D eigenvalue weighted by Crippen LogP contribution is -2.38. The molecule has 14 heteroatoms. The fourth-order valence-corrected chi connectivity index (χ4v) is 5.16. The molecule has 0 fully saturated rings. The molecule has 1 aliphatic rings. The smallest absolute Gasteiger partial charge is 0.435 e. The number of imidazole rings is 1. The number of ether oxygens (including phenoxy) is 2. The summed E-state index contributed by atoms with van der Waals surface area (Å²) < 4.78 is 56.4. The van der Waals surface area contributed by atoms with Crippen LogP contribution in [0.5, 0.6) is 5.75 Å². The molecule has 3 aromatic heterocycles. The Balaban J connectivity index is 1.58.